The summed E-state index contributed by atoms with van der Waals surface area (Å²) in [7, 11) is 3.43. The van der Waals surface area contributed by atoms with Crippen LogP contribution in [0.3, 0.4) is 0 Å². The fourth-order valence-electron chi connectivity index (χ4n) is 3.89. The summed E-state index contributed by atoms with van der Waals surface area (Å²) in [6, 6.07) is 9.76. The summed E-state index contributed by atoms with van der Waals surface area (Å²) in [6.45, 7) is 2.36. The maximum Gasteiger partial charge on any atom is 0.270 e. The maximum atomic E-state index is 12.8. The predicted octanol–water partition coefficient (Wildman–Crippen LogP) is 1.50. The Bertz CT molecular complexity index is 821. The fraction of sp³-hybridized carbons (Fsp3) is 0.500. The first kappa shape index (κ1) is 18.0. The molecule has 7 heteroatoms. The third-order valence-electron chi connectivity index (χ3n) is 5.61. The summed E-state index contributed by atoms with van der Waals surface area (Å²) in [5.74, 6) is 0.154. The number of hydrogen-bond acceptors (Lipinski definition) is 4. The van der Waals surface area contributed by atoms with Crippen molar-refractivity contribution in [1.82, 2.24) is 14.8 Å². The molecule has 27 heavy (non-hydrogen) atoms. The first-order valence-corrected chi connectivity index (χ1v) is 9.27. The van der Waals surface area contributed by atoms with Crippen LogP contribution in [-0.2, 0) is 14.3 Å². The van der Waals surface area contributed by atoms with Crippen molar-refractivity contribution < 1.29 is 19.1 Å². The number of carbonyl (C=O) groups excluding carboxylic acids is 2. The van der Waals surface area contributed by atoms with Gasteiger partial charge in [-0.05, 0) is 18.6 Å². The molecule has 2 saturated heterocycles. The first-order chi connectivity index (χ1) is 13.0. The van der Waals surface area contributed by atoms with Crippen molar-refractivity contribution in [2.24, 2.45) is 5.92 Å². The molecule has 3 heterocycles. The number of ether oxygens (including phenoxy) is 2. The van der Waals surface area contributed by atoms with Crippen LogP contribution >= 0.6 is 0 Å². The van der Waals surface area contributed by atoms with Gasteiger partial charge < -0.3 is 24.3 Å². The van der Waals surface area contributed by atoms with E-state index in [2.05, 4.69) is 4.98 Å². The number of carbonyl (C=O) groups is 2. The second-order valence-electron chi connectivity index (χ2n) is 7.63. The quantitative estimate of drug-likeness (QED) is 0.864. The molecular weight excluding hydrogens is 346 g/mol. The smallest absolute Gasteiger partial charge is 0.270 e. The molecule has 1 aromatic heterocycles. The van der Waals surface area contributed by atoms with Gasteiger partial charge in [0.25, 0.3) is 5.91 Å². The van der Waals surface area contributed by atoms with E-state index in [1.165, 1.54) is 4.90 Å². The lowest BCUT2D eigenvalue weighted by Gasteiger charge is -2.50. The maximum absolute atomic E-state index is 12.8. The molecular formula is C20H25N3O4. The molecule has 2 aromatic rings. The van der Waals surface area contributed by atoms with Crippen molar-refractivity contribution in [1.29, 1.82) is 0 Å². The highest BCUT2D eigenvalue weighted by molar-refractivity contribution is 5.98. The molecule has 2 amide bonds. The number of aromatic amines is 1. The Kier molecular flexibility index (Phi) is 4.65. The molecule has 1 aromatic carbocycles. The van der Waals surface area contributed by atoms with Crippen LogP contribution in [0.5, 0.6) is 0 Å². The zero-order valence-corrected chi connectivity index (χ0v) is 15.7. The van der Waals surface area contributed by atoms with Gasteiger partial charge in [-0.15, -0.1) is 0 Å². The van der Waals surface area contributed by atoms with Crippen molar-refractivity contribution >= 4 is 22.7 Å². The normalized spacial score (nSPS) is 20.8. The molecule has 144 valence electrons. The second-order valence-corrected chi connectivity index (χ2v) is 7.63. The average molecular weight is 371 g/mol. The molecule has 1 N–H and O–H groups in total. The number of nitrogens with one attached hydrogen (secondary N) is 1. The van der Waals surface area contributed by atoms with Crippen LogP contribution in [0.1, 0.15) is 16.9 Å². The minimum Gasteiger partial charge on any atom is -0.371 e. The average Bonchev–Trinajstić information content (AvgIpc) is 3.23. The molecule has 1 spiro atoms. The van der Waals surface area contributed by atoms with Crippen molar-refractivity contribution in [3.8, 4) is 0 Å². The van der Waals surface area contributed by atoms with E-state index in [4.69, 9.17) is 9.47 Å². The number of amides is 2. The summed E-state index contributed by atoms with van der Waals surface area (Å²) < 4.78 is 11.6. The number of aromatic nitrogens is 1. The van der Waals surface area contributed by atoms with Crippen LogP contribution in [0.25, 0.3) is 10.9 Å². The van der Waals surface area contributed by atoms with Crippen molar-refractivity contribution in [3.63, 3.8) is 0 Å². The number of H-pyrrole nitrogens is 1. The van der Waals surface area contributed by atoms with Gasteiger partial charge in [0.2, 0.25) is 5.91 Å². The van der Waals surface area contributed by atoms with Crippen molar-refractivity contribution in [2.45, 2.75) is 12.0 Å². The lowest BCUT2D eigenvalue weighted by molar-refractivity contribution is -0.141. The highest BCUT2D eigenvalue weighted by atomic mass is 16.5. The molecule has 2 aliphatic rings. The van der Waals surface area contributed by atoms with E-state index in [-0.39, 0.29) is 29.9 Å². The summed E-state index contributed by atoms with van der Waals surface area (Å²) in [5, 5.41) is 1.03. The van der Waals surface area contributed by atoms with Crippen LogP contribution in [0.15, 0.2) is 30.3 Å². The SMILES string of the molecule is CN(C)C(=O)COC[C@H]1CCOC12CN(C(=O)c1cc3ccccc3[nH]1)C2. The molecule has 2 fully saturated rings. The third kappa shape index (κ3) is 3.33. The number of rotatable bonds is 5. The Labute approximate surface area is 158 Å². The number of benzene rings is 1. The van der Waals surface area contributed by atoms with Gasteiger partial charge in [0, 0.05) is 37.5 Å². The van der Waals surface area contributed by atoms with E-state index < -0.39 is 0 Å². The van der Waals surface area contributed by atoms with E-state index in [0.29, 0.717) is 32.0 Å². The molecule has 0 unspecified atom stereocenters. The van der Waals surface area contributed by atoms with Gasteiger partial charge in [-0.3, -0.25) is 9.59 Å². The summed E-state index contributed by atoms with van der Waals surface area (Å²) in [6.07, 6.45) is 0.893. The van der Waals surface area contributed by atoms with Gasteiger partial charge in [-0.2, -0.15) is 0 Å². The minimum atomic E-state index is -0.331. The Balaban J connectivity index is 1.35. The Morgan fingerprint density at radius 3 is 2.85 bits per heavy atom. The van der Waals surface area contributed by atoms with E-state index in [1.54, 1.807) is 14.1 Å². The van der Waals surface area contributed by atoms with Crippen LogP contribution in [-0.4, -0.2) is 79.2 Å². The van der Waals surface area contributed by atoms with E-state index >= 15 is 0 Å². The van der Waals surface area contributed by atoms with E-state index in [1.807, 2.05) is 35.2 Å². The zero-order valence-electron chi connectivity index (χ0n) is 15.7. The first-order valence-electron chi connectivity index (χ1n) is 9.27. The van der Waals surface area contributed by atoms with E-state index in [0.717, 1.165) is 17.3 Å². The standard InChI is InChI=1S/C20H25N3O4/c1-22(2)18(24)11-26-10-15-7-8-27-20(15)12-23(13-20)19(25)17-9-14-5-3-4-6-16(14)21-17/h3-6,9,15,21H,7-8,10-13H2,1-2H3/t15-/m1/s1. The van der Waals surface area contributed by atoms with Crippen LogP contribution in [0, 0.1) is 5.92 Å². The lowest BCUT2D eigenvalue weighted by Crippen LogP contribution is -2.66. The largest absolute Gasteiger partial charge is 0.371 e. The van der Waals surface area contributed by atoms with Gasteiger partial charge in [-0.1, -0.05) is 18.2 Å². The summed E-state index contributed by atoms with van der Waals surface area (Å²) in [5.41, 5.74) is 1.24. The molecule has 0 bridgehead atoms. The monoisotopic (exact) mass is 371 g/mol. The number of fused-ring (bicyclic) bond motifs is 1. The molecule has 2 aliphatic heterocycles. The molecule has 0 aliphatic carbocycles. The molecule has 1 atom stereocenters. The van der Waals surface area contributed by atoms with Crippen molar-refractivity contribution in [3.05, 3.63) is 36.0 Å². The topological polar surface area (TPSA) is 74.9 Å². The number of hydrogen-bond donors (Lipinski definition) is 1. The number of likely N-dealkylation sites (tertiary alicyclic amines) is 1. The third-order valence-corrected chi connectivity index (χ3v) is 5.61. The van der Waals surface area contributed by atoms with Gasteiger partial charge in [-0.25, -0.2) is 0 Å². The van der Waals surface area contributed by atoms with Crippen LogP contribution in [0.4, 0.5) is 0 Å². The number of para-hydroxylation sites is 1. The molecule has 0 radical (unpaired) electrons. The highest BCUT2D eigenvalue weighted by Gasteiger charge is 2.54. The van der Waals surface area contributed by atoms with Gasteiger partial charge in [0.1, 0.15) is 17.9 Å². The van der Waals surface area contributed by atoms with Crippen LogP contribution in [0.2, 0.25) is 0 Å². The Hall–Kier alpha value is -2.38. The Morgan fingerprint density at radius 1 is 1.33 bits per heavy atom. The fourth-order valence-corrected chi connectivity index (χ4v) is 3.89. The van der Waals surface area contributed by atoms with Crippen molar-refractivity contribution in [2.75, 3.05) is 47.0 Å². The molecule has 0 saturated carbocycles. The summed E-state index contributed by atoms with van der Waals surface area (Å²) in [4.78, 5) is 31.0. The number of nitrogens with zero attached hydrogens (tertiary/aromatic N) is 2. The Morgan fingerprint density at radius 2 is 2.11 bits per heavy atom. The minimum absolute atomic E-state index is 0.00483. The lowest BCUT2D eigenvalue weighted by atomic mass is 9.81. The highest BCUT2D eigenvalue weighted by Crippen LogP contribution is 2.40. The number of likely N-dealkylation sites (N-methyl/N-ethyl adjacent to an activating group) is 1. The molecule has 4 rings (SSSR count). The van der Waals surface area contributed by atoms with E-state index in [9.17, 15) is 9.59 Å². The van der Waals surface area contributed by atoms with Crippen LogP contribution < -0.4 is 0 Å². The predicted molar refractivity (Wildman–Crippen MR) is 101 cm³/mol. The van der Waals surface area contributed by atoms with Gasteiger partial charge in [0.15, 0.2) is 0 Å². The summed E-state index contributed by atoms with van der Waals surface area (Å²) >= 11 is 0. The second kappa shape index (κ2) is 6.98. The zero-order chi connectivity index (χ0) is 19.0. The van der Waals surface area contributed by atoms with Gasteiger partial charge >= 0.3 is 0 Å². The molecule has 7 nitrogen and oxygen atoms in total. The van der Waals surface area contributed by atoms with Gasteiger partial charge in [0.05, 0.1) is 19.7 Å².